The second-order valence-corrected chi connectivity index (χ2v) is 11.0. The van der Waals surface area contributed by atoms with E-state index in [1.807, 2.05) is 11.3 Å². The highest BCUT2D eigenvalue weighted by molar-refractivity contribution is 7.21. The second-order valence-electron chi connectivity index (χ2n) is 9.14. The van der Waals surface area contributed by atoms with E-state index in [4.69, 9.17) is 23.2 Å². The summed E-state index contributed by atoms with van der Waals surface area (Å²) >= 11 is 16.0. The molecule has 2 aliphatic rings. The molecule has 37 heavy (non-hydrogen) atoms. The van der Waals surface area contributed by atoms with Crippen molar-refractivity contribution in [1.82, 2.24) is 4.58 Å². The molecule has 3 nitrogen and oxygen atoms in total. The summed E-state index contributed by atoms with van der Waals surface area (Å²) in [7, 11) is 0. The summed E-state index contributed by atoms with van der Waals surface area (Å²) < 4.78 is 3.63. The van der Waals surface area contributed by atoms with Crippen molar-refractivity contribution in [3.63, 3.8) is 0 Å². The van der Waals surface area contributed by atoms with Crippen LogP contribution < -0.4 is 19.7 Å². The normalized spacial score (nSPS) is 11.4. The van der Waals surface area contributed by atoms with Gasteiger partial charge in [-0.1, -0.05) is 29.3 Å². The molecule has 0 spiro atoms. The number of nitrogens with zero attached hydrogens (tertiary/aromatic N) is 3. The second kappa shape index (κ2) is 12.1. The Bertz CT molecular complexity index is 1410. The van der Waals surface area contributed by atoms with Gasteiger partial charge in [-0.3, -0.25) is 0 Å². The van der Waals surface area contributed by atoms with Gasteiger partial charge in [-0.2, -0.15) is 0 Å². The standard InChI is InChI=1S/C31H38Cl2N3S/c1-7-34(8-2)21-13-15-24-28(19-21)37-29-20-22(35(9-3)10-4)14-16-25(29)30(24)31-26(32)17-23(18-27(31)33)36(11-5)12-6/h13-20H,7-12H2,1-6H3/q+1. The van der Waals surface area contributed by atoms with Gasteiger partial charge >= 0.3 is 0 Å². The molecular weight excluding hydrogens is 517 g/mol. The number of hydrogen-bond donors (Lipinski definition) is 0. The van der Waals surface area contributed by atoms with Gasteiger partial charge in [0.1, 0.15) is 13.1 Å². The van der Waals surface area contributed by atoms with Crippen molar-refractivity contribution in [3.8, 4) is 21.6 Å². The van der Waals surface area contributed by atoms with Crippen LogP contribution in [0.2, 0.25) is 10.0 Å². The van der Waals surface area contributed by atoms with Gasteiger partial charge in [0.15, 0.2) is 0 Å². The Hall–Kier alpha value is -2.27. The fraction of sp³-hybridized carbons (Fsp3) is 0.387. The fourth-order valence-corrected chi connectivity index (χ4v) is 7.10. The van der Waals surface area contributed by atoms with E-state index in [2.05, 4.69) is 104 Å². The zero-order chi connectivity index (χ0) is 26.7. The van der Waals surface area contributed by atoms with E-state index in [1.165, 1.54) is 31.6 Å². The van der Waals surface area contributed by atoms with Gasteiger partial charge in [-0.15, -0.1) is 11.3 Å². The van der Waals surface area contributed by atoms with E-state index >= 15 is 0 Å². The Labute approximate surface area is 235 Å². The number of anilines is 2. The molecule has 0 aromatic heterocycles. The van der Waals surface area contributed by atoms with Gasteiger partial charge < -0.3 is 9.80 Å². The predicted molar refractivity (Wildman–Crippen MR) is 167 cm³/mol. The highest BCUT2D eigenvalue weighted by atomic mass is 35.5. The molecule has 0 N–H and O–H groups in total. The van der Waals surface area contributed by atoms with Gasteiger partial charge in [0.2, 0.25) is 5.36 Å². The third kappa shape index (κ3) is 5.34. The van der Waals surface area contributed by atoms with E-state index in [0.29, 0.717) is 10.0 Å². The molecule has 0 saturated carbocycles. The molecule has 1 heterocycles. The average molecular weight is 556 g/mol. The molecule has 0 saturated heterocycles. The van der Waals surface area contributed by atoms with Crippen molar-refractivity contribution >= 4 is 56.0 Å². The van der Waals surface area contributed by atoms with Crippen LogP contribution in [0, 0.1) is 0 Å². The third-order valence-electron chi connectivity index (χ3n) is 7.35. The monoisotopic (exact) mass is 554 g/mol. The van der Waals surface area contributed by atoms with E-state index in [9.17, 15) is 0 Å². The maximum atomic E-state index is 7.06. The SMILES string of the molecule is CCN(CC)c1cc(Cl)c(-c2c3ccc(=[N+](CC)CC)cc-3sc3cc(N(CC)CC)ccc23)c(Cl)c1. The Morgan fingerprint density at radius 3 is 1.84 bits per heavy atom. The molecule has 2 aromatic carbocycles. The molecule has 4 rings (SSSR count). The Morgan fingerprint density at radius 1 is 0.676 bits per heavy atom. The molecule has 0 amide bonds. The first kappa shape index (κ1) is 27.8. The van der Waals surface area contributed by atoms with Crippen LogP contribution in [0.1, 0.15) is 41.5 Å². The summed E-state index contributed by atoms with van der Waals surface area (Å²) in [5, 5.41) is 3.80. The lowest BCUT2D eigenvalue weighted by Crippen LogP contribution is -2.29. The summed E-state index contributed by atoms with van der Waals surface area (Å²) in [6.07, 6.45) is 0. The summed E-state index contributed by atoms with van der Waals surface area (Å²) in [6, 6.07) is 17.7. The predicted octanol–water partition coefficient (Wildman–Crippen LogP) is 8.48. The Morgan fingerprint density at radius 2 is 1.27 bits per heavy atom. The van der Waals surface area contributed by atoms with Gasteiger partial charge in [0.05, 0.1) is 10.0 Å². The number of hydrogen-bond acceptors (Lipinski definition) is 3. The minimum atomic E-state index is 0.689. The van der Waals surface area contributed by atoms with Crippen molar-refractivity contribution in [2.24, 2.45) is 0 Å². The van der Waals surface area contributed by atoms with Gasteiger partial charge in [-0.05, 0) is 71.9 Å². The molecule has 2 aromatic rings. The summed E-state index contributed by atoms with van der Waals surface area (Å²) in [5.74, 6) is 0. The maximum Gasteiger partial charge on any atom is 0.201 e. The van der Waals surface area contributed by atoms with Crippen LogP contribution in [-0.2, 0) is 0 Å². The largest absolute Gasteiger partial charge is 0.372 e. The number of rotatable bonds is 9. The molecule has 196 valence electrons. The lowest BCUT2D eigenvalue weighted by atomic mass is 9.94. The highest BCUT2D eigenvalue weighted by Crippen LogP contribution is 2.48. The van der Waals surface area contributed by atoms with Crippen LogP contribution >= 0.6 is 34.5 Å². The number of benzene rings is 3. The van der Waals surface area contributed by atoms with Crippen LogP contribution in [0.4, 0.5) is 11.4 Å². The van der Waals surface area contributed by atoms with Crippen molar-refractivity contribution in [1.29, 1.82) is 0 Å². The molecule has 1 aliphatic carbocycles. The minimum Gasteiger partial charge on any atom is -0.372 e. The van der Waals surface area contributed by atoms with E-state index in [0.717, 1.165) is 56.1 Å². The lowest BCUT2D eigenvalue weighted by molar-refractivity contribution is 0.626. The number of fused-ring (bicyclic) bond motifs is 2. The summed E-state index contributed by atoms with van der Waals surface area (Å²) in [4.78, 5) is 5.90. The van der Waals surface area contributed by atoms with Crippen molar-refractivity contribution in [2.75, 3.05) is 49.1 Å². The van der Waals surface area contributed by atoms with E-state index in [1.54, 1.807) is 0 Å². The van der Waals surface area contributed by atoms with Crippen LogP contribution in [0.5, 0.6) is 0 Å². The van der Waals surface area contributed by atoms with Crippen LogP contribution in [0.3, 0.4) is 0 Å². The van der Waals surface area contributed by atoms with Crippen LogP contribution in [0.15, 0.2) is 48.5 Å². The van der Waals surface area contributed by atoms with Gasteiger partial charge in [0, 0.05) is 81.3 Å². The van der Waals surface area contributed by atoms with Gasteiger partial charge in [-0.25, -0.2) is 4.58 Å². The minimum absolute atomic E-state index is 0.689. The van der Waals surface area contributed by atoms with Crippen molar-refractivity contribution < 1.29 is 0 Å². The third-order valence-corrected chi connectivity index (χ3v) is 9.06. The van der Waals surface area contributed by atoms with Crippen LogP contribution in [0.25, 0.3) is 31.7 Å². The molecule has 0 atom stereocenters. The zero-order valence-electron chi connectivity index (χ0n) is 22.9. The van der Waals surface area contributed by atoms with E-state index < -0.39 is 0 Å². The molecule has 0 bridgehead atoms. The molecule has 0 fully saturated rings. The summed E-state index contributed by atoms with van der Waals surface area (Å²) in [5.41, 5.74) is 5.51. The first-order chi connectivity index (χ1) is 17.9. The Kier molecular flexibility index (Phi) is 9.05. The first-order valence-corrected chi connectivity index (χ1v) is 15.1. The fourth-order valence-electron chi connectivity index (χ4n) is 5.28. The summed E-state index contributed by atoms with van der Waals surface area (Å²) in [6.45, 7) is 18.8. The quantitative estimate of drug-likeness (QED) is 0.151. The van der Waals surface area contributed by atoms with Crippen LogP contribution in [-0.4, -0.2) is 39.3 Å². The Balaban J connectivity index is 2.09. The topological polar surface area (TPSA) is 9.49 Å². The highest BCUT2D eigenvalue weighted by Gasteiger charge is 2.22. The molecular formula is C31H38Cl2N3S+. The van der Waals surface area contributed by atoms with Crippen molar-refractivity contribution in [3.05, 3.63) is 63.9 Å². The van der Waals surface area contributed by atoms with E-state index in [-0.39, 0.29) is 0 Å². The molecule has 6 heteroatoms. The lowest BCUT2D eigenvalue weighted by Gasteiger charge is -2.24. The first-order valence-electron chi connectivity index (χ1n) is 13.5. The maximum absolute atomic E-state index is 7.06. The smallest absolute Gasteiger partial charge is 0.201 e. The molecule has 1 aliphatic heterocycles. The molecule has 0 radical (unpaired) electrons. The zero-order valence-corrected chi connectivity index (χ0v) is 25.2. The van der Waals surface area contributed by atoms with Gasteiger partial charge in [0.25, 0.3) is 0 Å². The number of halogens is 2. The van der Waals surface area contributed by atoms with Crippen molar-refractivity contribution in [2.45, 2.75) is 41.5 Å². The molecule has 0 unspecified atom stereocenters. The average Bonchev–Trinajstić information content (AvgIpc) is 2.90.